The number of carbonyl (C=O) groups is 3. The summed E-state index contributed by atoms with van der Waals surface area (Å²) in [7, 11) is 1.78. The molecule has 4 heterocycles. The molecule has 1 N–H and O–H groups in total. The molecule has 4 aliphatic rings. The maximum absolute atomic E-state index is 14.5. The molecule has 198 valence electrons. The summed E-state index contributed by atoms with van der Waals surface area (Å²) >= 11 is 1.61. The first-order valence-electron chi connectivity index (χ1n) is 13.4. The van der Waals surface area contributed by atoms with Gasteiger partial charge in [-0.1, -0.05) is 54.6 Å². The second kappa shape index (κ2) is 9.89. The highest BCUT2D eigenvalue weighted by molar-refractivity contribution is 8.02. The van der Waals surface area contributed by atoms with E-state index in [9.17, 15) is 19.5 Å². The Morgan fingerprint density at radius 1 is 0.947 bits per heavy atom. The molecule has 2 fully saturated rings. The lowest BCUT2D eigenvalue weighted by molar-refractivity contribution is -0.142. The summed E-state index contributed by atoms with van der Waals surface area (Å²) < 4.78 is -0.801. The number of carbonyl (C=O) groups excluding carboxylic acids is 3. The Bertz CT molecular complexity index is 1340. The smallest absolute Gasteiger partial charge is 0.251 e. The Morgan fingerprint density at radius 2 is 1.76 bits per heavy atom. The number of nitrogens with zero attached hydrogens (tertiary/aromatic N) is 3. The van der Waals surface area contributed by atoms with Crippen molar-refractivity contribution in [1.82, 2.24) is 9.80 Å². The van der Waals surface area contributed by atoms with Crippen LogP contribution in [0.5, 0.6) is 0 Å². The number of hydrogen-bond donors (Lipinski definition) is 1. The molecule has 3 amide bonds. The van der Waals surface area contributed by atoms with E-state index in [1.165, 1.54) is 0 Å². The van der Waals surface area contributed by atoms with Crippen LogP contribution in [0.3, 0.4) is 0 Å². The van der Waals surface area contributed by atoms with E-state index in [4.69, 9.17) is 0 Å². The molecule has 0 aliphatic carbocycles. The fraction of sp³-hybridized carbons (Fsp3) is 0.433. The zero-order valence-corrected chi connectivity index (χ0v) is 22.3. The topological polar surface area (TPSA) is 81.2 Å². The van der Waals surface area contributed by atoms with Crippen LogP contribution < -0.4 is 4.90 Å². The summed E-state index contributed by atoms with van der Waals surface area (Å²) in [5, 5.41) is 11.3. The van der Waals surface area contributed by atoms with Crippen molar-refractivity contribution in [2.24, 2.45) is 11.8 Å². The van der Waals surface area contributed by atoms with Crippen molar-refractivity contribution < 1.29 is 19.5 Å². The summed E-state index contributed by atoms with van der Waals surface area (Å²) in [6.45, 7) is 1.48. The monoisotopic (exact) mass is 531 g/mol. The van der Waals surface area contributed by atoms with Crippen molar-refractivity contribution in [3.05, 3.63) is 66.8 Å². The van der Waals surface area contributed by atoms with Gasteiger partial charge in [0, 0.05) is 44.2 Å². The molecule has 1 spiro atoms. The molecule has 5 atom stereocenters. The fourth-order valence-corrected chi connectivity index (χ4v) is 8.66. The number of amides is 3. The highest BCUT2D eigenvalue weighted by Gasteiger charge is 2.70. The first-order valence-corrected chi connectivity index (χ1v) is 14.3. The van der Waals surface area contributed by atoms with Gasteiger partial charge in [-0.2, -0.15) is 0 Å². The van der Waals surface area contributed by atoms with Gasteiger partial charge in [-0.25, -0.2) is 0 Å². The van der Waals surface area contributed by atoms with Gasteiger partial charge in [-0.15, -0.1) is 11.8 Å². The molecule has 0 aromatic heterocycles. The molecule has 1 unspecified atom stereocenters. The van der Waals surface area contributed by atoms with E-state index >= 15 is 0 Å². The lowest BCUT2D eigenvalue weighted by Gasteiger charge is -2.35. The van der Waals surface area contributed by atoms with Crippen LogP contribution >= 0.6 is 11.8 Å². The Balaban J connectivity index is 1.42. The number of fused-ring (bicyclic) bond motifs is 3. The van der Waals surface area contributed by atoms with Crippen molar-refractivity contribution >= 4 is 45.9 Å². The quantitative estimate of drug-likeness (QED) is 0.457. The predicted molar refractivity (Wildman–Crippen MR) is 150 cm³/mol. The van der Waals surface area contributed by atoms with Crippen LogP contribution in [0, 0.1) is 11.8 Å². The molecule has 0 radical (unpaired) electrons. The third-order valence-electron chi connectivity index (χ3n) is 8.46. The number of likely N-dealkylation sites (tertiary alicyclic amines) is 1. The van der Waals surface area contributed by atoms with Gasteiger partial charge in [0.05, 0.1) is 16.6 Å². The van der Waals surface area contributed by atoms with E-state index in [-0.39, 0.29) is 29.6 Å². The highest BCUT2D eigenvalue weighted by atomic mass is 32.2. The van der Waals surface area contributed by atoms with Gasteiger partial charge in [0.2, 0.25) is 11.8 Å². The number of benzene rings is 2. The molecule has 2 saturated heterocycles. The summed E-state index contributed by atoms with van der Waals surface area (Å²) in [4.78, 5) is 47.4. The third kappa shape index (κ3) is 3.88. The molecular weight excluding hydrogens is 498 g/mol. The molecule has 2 aromatic rings. The highest BCUT2D eigenvalue weighted by Crippen LogP contribution is 2.61. The maximum Gasteiger partial charge on any atom is 0.251 e. The molecule has 2 aromatic carbocycles. The van der Waals surface area contributed by atoms with Crippen molar-refractivity contribution in [3.63, 3.8) is 0 Å². The van der Waals surface area contributed by atoms with Crippen LogP contribution in [0.15, 0.2) is 66.8 Å². The van der Waals surface area contributed by atoms with Crippen LogP contribution in [0.1, 0.15) is 19.3 Å². The minimum absolute atomic E-state index is 0.0277. The van der Waals surface area contributed by atoms with Gasteiger partial charge in [0.15, 0.2) is 0 Å². The standard InChI is InChI=1S/C30H33N3O4S/c1-31-15-7-11-23-24(27(31)35)25-28(36)33(16-5-2-6-18-34)26-29(37)32(17-8-14-30(25,26)38-23)22-13-12-20-9-3-4-10-21(20)19-22/h3-4,7-14,19,23-26,34H,2,5-6,15-18H2,1H3/t23-,24+,25-,26?,30-/m0/s1. The minimum Gasteiger partial charge on any atom is -0.396 e. The van der Waals surface area contributed by atoms with Gasteiger partial charge < -0.3 is 19.8 Å². The first kappa shape index (κ1) is 25.2. The van der Waals surface area contributed by atoms with Crippen LogP contribution in [-0.2, 0) is 14.4 Å². The van der Waals surface area contributed by atoms with E-state index in [0.717, 1.165) is 22.9 Å². The number of hydrogen-bond acceptors (Lipinski definition) is 5. The number of aliphatic hydroxyl groups excluding tert-OH is 1. The SMILES string of the molecule is CN1CC=C[C@@H]2S[C@]34C=CCN(c5ccc6ccccc6c5)C(=O)C3N(CCCCCO)C(=O)[C@@H]4[C@@H]2C1=O. The van der Waals surface area contributed by atoms with Gasteiger partial charge >= 0.3 is 0 Å². The molecule has 38 heavy (non-hydrogen) atoms. The Hall–Kier alpha value is -3.10. The molecule has 4 aliphatic heterocycles. The van der Waals surface area contributed by atoms with Gasteiger partial charge in [0.1, 0.15) is 6.04 Å². The summed E-state index contributed by atoms with van der Waals surface area (Å²) in [5.41, 5.74) is 0.805. The second-order valence-electron chi connectivity index (χ2n) is 10.7. The number of rotatable bonds is 6. The molecule has 6 rings (SSSR count). The third-order valence-corrected chi connectivity index (χ3v) is 10.2. The second-order valence-corrected chi connectivity index (χ2v) is 12.2. The predicted octanol–water partition coefficient (Wildman–Crippen LogP) is 3.23. The molecule has 7 nitrogen and oxygen atoms in total. The number of thioether (sulfide) groups is 1. The van der Waals surface area contributed by atoms with Crippen LogP contribution in [-0.4, -0.2) is 82.0 Å². The van der Waals surface area contributed by atoms with Crippen LogP contribution in [0.4, 0.5) is 5.69 Å². The minimum atomic E-state index is -0.801. The molecule has 8 heteroatoms. The average molecular weight is 532 g/mol. The van der Waals surface area contributed by atoms with Gasteiger partial charge in [-0.3, -0.25) is 14.4 Å². The Labute approximate surface area is 227 Å². The number of unbranched alkanes of at least 4 members (excludes halogenated alkanes) is 2. The Kier molecular flexibility index (Phi) is 6.56. The van der Waals surface area contributed by atoms with E-state index in [2.05, 4.69) is 12.2 Å². The number of likely N-dealkylation sites (N-methyl/N-ethyl adjacent to an activating group) is 1. The maximum atomic E-state index is 14.5. The first-order chi connectivity index (χ1) is 18.5. The van der Waals surface area contributed by atoms with E-state index in [1.807, 2.05) is 54.6 Å². The number of aliphatic hydroxyl groups is 1. The zero-order valence-electron chi connectivity index (χ0n) is 21.5. The summed E-state index contributed by atoms with van der Waals surface area (Å²) in [5.74, 6) is -1.31. The van der Waals surface area contributed by atoms with Crippen molar-refractivity contribution in [2.75, 3.05) is 38.2 Å². The molecule has 0 bridgehead atoms. The van der Waals surface area contributed by atoms with E-state index in [0.29, 0.717) is 32.5 Å². The van der Waals surface area contributed by atoms with Gasteiger partial charge in [-0.05, 0) is 42.2 Å². The lowest BCUT2D eigenvalue weighted by atomic mass is 9.78. The number of anilines is 1. The lowest BCUT2D eigenvalue weighted by Crippen LogP contribution is -2.53. The van der Waals surface area contributed by atoms with E-state index in [1.54, 1.807) is 33.5 Å². The largest absolute Gasteiger partial charge is 0.396 e. The normalized spacial score (nSPS) is 30.5. The molecular formula is C30H33N3O4S. The van der Waals surface area contributed by atoms with Crippen LogP contribution in [0.2, 0.25) is 0 Å². The van der Waals surface area contributed by atoms with E-state index < -0.39 is 22.6 Å². The van der Waals surface area contributed by atoms with Crippen LogP contribution in [0.25, 0.3) is 10.8 Å². The zero-order chi connectivity index (χ0) is 26.4. The average Bonchev–Trinajstić information content (AvgIpc) is 3.24. The summed E-state index contributed by atoms with van der Waals surface area (Å²) in [6, 6.07) is 13.4. The Morgan fingerprint density at radius 3 is 2.58 bits per heavy atom. The summed E-state index contributed by atoms with van der Waals surface area (Å²) in [6.07, 6.45) is 10.3. The van der Waals surface area contributed by atoms with Crippen molar-refractivity contribution in [1.29, 1.82) is 0 Å². The van der Waals surface area contributed by atoms with Crippen molar-refractivity contribution in [3.8, 4) is 0 Å². The fourth-order valence-electron chi connectivity index (χ4n) is 6.65. The van der Waals surface area contributed by atoms with Gasteiger partial charge in [0.25, 0.3) is 5.91 Å². The van der Waals surface area contributed by atoms with Crippen molar-refractivity contribution in [2.45, 2.75) is 35.3 Å². The molecule has 0 saturated carbocycles.